The smallest absolute Gasteiger partial charge is 0.318 e. The van der Waals surface area contributed by atoms with Gasteiger partial charge in [0.25, 0.3) is 0 Å². The molecule has 9 heteroatoms. The zero-order chi connectivity index (χ0) is 19.9. The van der Waals surface area contributed by atoms with Gasteiger partial charge in [0, 0.05) is 17.8 Å². The van der Waals surface area contributed by atoms with Gasteiger partial charge in [-0.25, -0.2) is 4.79 Å². The summed E-state index contributed by atoms with van der Waals surface area (Å²) < 4.78 is 2.05. The van der Waals surface area contributed by atoms with Crippen molar-refractivity contribution in [3.05, 3.63) is 64.1 Å². The molecule has 0 unspecified atom stereocenters. The van der Waals surface area contributed by atoms with Crippen LogP contribution in [0.5, 0.6) is 0 Å². The summed E-state index contributed by atoms with van der Waals surface area (Å²) in [6.07, 6.45) is 1.51. The van der Waals surface area contributed by atoms with Gasteiger partial charge in [0.15, 0.2) is 5.16 Å². The molecule has 28 heavy (non-hydrogen) atoms. The Balaban J connectivity index is 1.78. The molecule has 0 radical (unpaired) electrons. The summed E-state index contributed by atoms with van der Waals surface area (Å²) in [5, 5.41) is 12.9. The van der Waals surface area contributed by atoms with E-state index in [1.165, 1.54) is 22.2 Å². The Morgan fingerprint density at radius 2 is 2.00 bits per heavy atom. The molecule has 3 N–H and O–H groups in total. The minimum Gasteiger partial charge on any atom is -0.351 e. The van der Waals surface area contributed by atoms with Crippen LogP contribution in [0.1, 0.15) is 23.2 Å². The molecule has 2 heterocycles. The predicted octanol–water partition coefficient (Wildman–Crippen LogP) is 2.85. The van der Waals surface area contributed by atoms with Crippen LogP contribution in [-0.4, -0.2) is 32.0 Å². The number of benzene rings is 1. The quantitative estimate of drug-likeness (QED) is 0.551. The Morgan fingerprint density at radius 3 is 2.68 bits per heavy atom. The topological polar surface area (TPSA) is 103 Å². The first-order valence-corrected chi connectivity index (χ1v) is 10.5. The lowest BCUT2D eigenvalue weighted by atomic mass is 10.1. The first kappa shape index (κ1) is 20.1. The number of thiophene rings is 1. The number of primary amides is 1. The van der Waals surface area contributed by atoms with Crippen molar-refractivity contribution in [1.82, 2.24) is 20.1 Å². The van der Waals surface area contributed by atoms with Crippen LogP contribution in [0.15, 0.2) is 53.0 Å². The number of nitrogens with one attached hydrogen (secondary N) is 1. The molecule has 3 amide bonds. The minimum absolute atomic E-state index is 0.449. The molecule has 3 aromatic rings. The van der Waals surface area contributed by atoms with Crippen LogP contribution < -0.4 is 11.1 Å². The summed E-state index contributed by atoms with van der Waals surface area (Å²) in [5.74, 6) is 0.401. The summed E-state index contributed by atoms with van der Waals surface area (Å²) >= 11 is 2.93. The second-order valence-corrected chi connectivity index (χ2v) is 8.50. The molecule has 0 bridgehead atoms. The second kappa shape index (κ2) is 9.52. The number of hydrogen-bond donors (Lipinski definition) is 2. The molecule has 3 rings (SSSR count). The Labute approximate surface area is 171 Å². The molecule has 2 aromatic heterocycles. The first-order valence-electron chi connectivity index (χ1n) is 8.78. The molecule has 0 fully saturated rings. The first-order chi connectivity index (χ1) is 13.5. The Morgan fingerprint density at radius 1 is 1.21 bits per heavy atom. The van der Waals surface area contributed by atoms with Crippen LogP contribution in [-0.2, 0) is 24.2 Å². The van der Waals surface area contributed by atoms with Gasteiger partial charge in [0.05, 0.1) is 5.25 Å². The van der Waals surface area contributed by atoms with E-state index in [1.807, 2.05) is 34.2 Å². The fourth-order valence-corrected chi connectivity index (χ4v) is 4.25. The van der Waals surface area contributed by atoms with Crippen molar-refractivity contribution < 1.29 is 9.59 Å². The molecule has 0 aliphatic carbocycles. The number of aryl methyl sites for hydroxylation is 1. The molecular formula is C19H21N5O2S2. The number of imide groups is 1. The maximum absolute atomic E-state index is 12.0. The third-order valence-electron chi connectivity index (χ3n) is 4.07. The van der Waals surface area contributed by atoms with Crippen molar-refractivity contribution in [3.8, 4) is 0 Å². The lowest BCUT2D eigenvalue weighted by Gasteiger charge is -2.13. The highest BCUT2D eigenvalue weighted by Gasteiger charge is 2.21. The number of carbonyl (C=O) groups excluding carboxylic acids is 2. The van der Waals surface area contributed by atoms with E-state index in [0.717, 1.165) is 12.2 Å². The third-order valence-corrected chi connectivity index (χ3v) is 6.03. The van der Waals surface area contributed by atoms with Gasteiger partial charge in [-0.3, -0.25) is 10.1 Å². The van der Waals surface area contributed by atoms with Crippen LogP contribution in [0.3, 0.4) is 0 Å². The van der Waals surface area contributed by atoms with Gasteiger partial charge in [-0.2, -0.15) is 0 Å². The number of thioether (sulfide) groups is 1. The van der Waals surface area contributed by atoms with E-state index in [2.05, 4.69) is 33.7 Å². The zero-order valence-corrected chi connectivity index (χ0v) is 17.0. The highest BCUT2D eigenvalue weighted by Crippen LogP contribution is 2.24. The number of aromatic nitrogens is 3. The number of nitrogens with two attached hydrogens (primary N) is 1. The molecule has 1 aromatic carbocycles. The van der Waals surface area contributed by atoms with Crippen molar-refractivity contribution >= 4 is 35.0 Å². The molecule has 0 spiro atoms. The van der Waals surface area contributed by atoms with E-state index in [0.29, 0.717) is 18.1 Å². The van der Waals surface area contributed by atoms with Crippen molar-refractivity contribution in [2.45, 2.75) is 36.7 Å². The molecule has 7 nitrogen and oxygen atoms in total. The van der Waals surface area contributed by atoms with Gasteiger partial charge in [0.1, 0.15) is 5.82 Å². The normalized spacial score (nSPS) is 11.9. The Bertz CT molecular complexity index is 925. The molecule has 0 saturated carbocycles. The van der Waals surface area contributed by atoms with Crippen LogP contribution in [0.4, 0.5) is 4.79 Å². The largest absolute Gasteiger partial charge is 0.351 e. The number of amides is 3. The van der Waals surface area contributed by atoms with Crippen molar-refractivity contribution in [2.24, 2.45) is 5.73 Å². The average molecular weight is 416 g/mol. The number of hydrogen-bond acceptors (Lipinski definition) is 6. The van der Waals surface area contributed by atoms with E-state index in [9.17, 15) is 9.59 Å². The van der Waals surface area contributed by atoms with Crippen molar-refractivity contribution in [3.63, 3.8) is 0 Å². The summed E-state index contributed by atoms with van der Waals surface area (Å²) in [6.45, 7) is 2.41. The number of urea groups is 1. The van der Waals surface area contributed by atoms with Gasteiger partial charge >= 0.3 is 6.03 Å². The van der Waals surface area contributed by atoms with Gasteiger partial charge in [-0.05, 0) is 30.4 Å². The second-order valence-electron chi connectivity index (χ2n) is 6.16. The molecule has 0 saturated heterocycles. The monoisotopic (exact) mass is 415 g/mol. The minimum atomic E-state index is -0.860. The van der Waals surface area contributed by atoms with Crippen LogP contribution >= 0.6 is 23.1 Å². The lowest BCUT2D eigenvalue weighted by Crippen LogP contribution is -2.39. The van der Waals surface area contributed by atoms with Crippen molar-refractivity contribution in [2.75, 3.05) is 0 Å². The van der Waals surface area contributed by atoms with Crippen LogP contribution in [0.2, 0.25) is 0 Å². The maximum Gasteiger partial charge on any atom is 0.318 e. The van der Waals surface area contributed by atoms with E-state index in [4.69, 9.17) is 5.73 Å². The van der Waals surface area contributed by atoms with Gasteiger partial charge in [0.2, 0.25) is 5.91 Å². The molecular weight excluding hydrogens is 394 g/mol. The zero-order valence-electron chi connectivity index (χ0n) is 15.4. The highest BCUT2D eigenvalue weighted by atomic mass is 32.2. The Hall–Kier alpha value is -2.65. The predicted molar refractivity (Wildman–Crippen MR) is 110 cm³/mol. The van der Waals surface area contributed by atoms with Crippen molar-refractivity contribution in [1.29, 1.82) is 0 Å². The SMILES string of the molecule is C[C@H](Sc1nnc(Cc2cccs2)n1CCc1ccccc1)C(=O)NC(N)=O. The summed E-state index contributed by atoms with van der Waals surface area (Å²) in [7, 11) is 0. The molecule has 146 valence electrons. The summed E-state index contributed by atoms with van der Waals surface area (Å²) in [5.41, 5.74) is 6.25. The lowest BCUT2D eigenvalue weighted by molar-refractivity contribution is -0.119. The Kier molecular flexibility index (Phi) is 6.83. The molecule has 0 aliphatic rings. The van der Waals surface area contributed by atoms with E-state index >= 15 is 0 Å². The number of carbonyl (C=O) groups is 2. The fourth-order valence-electron chi connectivity index (χ4n) is 2.65. The van der Waals surface area contributed by atoms with Crippen LogP contribution in [0, 0.1) is 0 Å². The summed E-state index contributed by atoms with van der Waals surface area (Å²) in [4.78, 5) is 24.1. The number of rotatable bonds is 8. The fraction of sp³-hybridized carbons (Fsp3) is 0.263. The van der Waals surface area contributed by atoms with E-state index in [-0.39, 0.29) is 0 Å². The average Bonchev–Trinajstić information content (AvgIpc) is 3.31. The van der Waals surface area contributed by atoms with E-state index in [1.54, 1.807) is 18.3 Å². The molecule has 1 atom stereocenters. The van der Waals surface area contributed by atoms with Gasteiger partial charge in [-0.15, -0.1) is 21.5 Å². The molecule has 0 aliphatic heterocycles. The maximum atomic E-state index is 12.0. The standard InChI is InChI=1S/C19H21N5O2S2/c1-13(17(25)21-18(20)26)28-19-23-22-16(12-15-8-5-11-27-15)24(19)10-9-14-6-3-2-4-7-14/h2-8,11,13H,9-10,12H2,1H3,(H3,20,21,25,26)/t13-/m0/s1. The number of nitrogens with zero attached hydrogens (tertiary/aromatic N) is 3. The third kappa shape index (κ3) is 5.43. The van der Waals surface area contributed by atoms with Crippen LogP contribution in [0.25, 0.3) is 0 Å². The highest BCUT2D eigenvalue weighted by molar-refractivity contribution is 8.00. The van der Waals surface area contributed by atoms with Gasteiger partial charge in [-0.1, -0.05) is 48.2 Å². The van der Waals surface area contributed by atoms with Gasteiger partial charge < -0.3 is 10.3 Å². The van der Waals surface area contributed by atoms with E-state index < -0.39 is 17.2 Å². The summed E-state index contributed by atoms with van der Waals surface area (Å²) in [6, 6.07) is 13.4.